The molecule has 0 aromatic rings. The first kappa shape index (κ1) is 15.4. The van der Waals surface area contributed by atoms with Gasteiger partial charge in [-0.1, -0.05) is 6.42 Å². The SMILES string of the molecule is CCOC(=O)CS(=O)(=O)N1CCCCC1C(C)N. The van der Waals surface area contributed by atoms with Gasteiger partial charge in [0, 0.05) is 18.6 Å². The fraction of sp³-hybridized carbons (Fsp3) is 0.909. The zero-order chi connectivity index (χ0) is 13.8. The molecule has 7 heteroatoms. The molecule has 1 aliphatic rings. The van der Waals surface area contributed by atoms with Gasteiger partial charge in [0.15, 0.2) is 5.75 Å². The van der Waals surface area contributed by atoms with Gasteiger partial charge < -0.3 is 10.5 Å². The van der Waals surface area contributed by atoms with Crippen molar-refractivity contribution in [2.45, 2.75) is 45.2 Å². The van der Waals surface area contributed by atoms with Crippen LogP contribution in [0.4, 0.5) is 0 Å². The first-order valence-corrected chi connectivity index (χ1v) is 7.90. The van der Waals surface area contributed by atoms with Crippen molar-refractivity contribution in [3.05, 3.63) is 0 Å². The Hall–Kier alpha value is -0.660. The summed E-state index contributed by atoms with van der Waals surface area (Å²) in [5.74, 6) is -1.30. The molecule has 1 fully saturated rings. The number of hydrogen-bond acceptors (Lipinski definition) is 5. The highest BCUT2D eigenvalue weighted by molar-refractivity contribution is 7.89. The zero-order valence-electron chi connectivity index (χ0n) is 11.0. The predicted octanol–water partition coefficient (Wildman–Crippen LogP) is 0.0810. The van der Waals surface area contributed by atoms with E-state index in [1.807, 2.05) is 0 Å². The van der Waals surface area contributed by atoms with Gasteiger partial charge in [0.2, 0.25) is 10.0 Å². The van der Waals surface area contributed by atoms with Crippen LogP contribution in [0.2, 0.25) is 0 Å². The summed E-state index contributed by atoms with van der Waals surface area (Å²) in [6.45, 7) is 4.07. The number of piperidine rings is 1. The average Bonchev–Trinajstić information content (AvgIpc) is 2.28. The van der Waals surface area contributed by atoms with Crippen LogP contribution in [0.1, 0.15) is 33.1 Å². The Kier molecular flexibility index (Phi) is 5.55. The van der Waals surface area contributed by atoms with Gasteiger partial charge in [-0.25, -0.2) is 8.42 Å². The molecule has 1 aliphatic heterocycles. The van der Waals surface area contributed by atoms with Crippen molar-refractivity contribution in [3.8, 4) is 0 Å². The smallest absolute Gasteiger partial charge is 0.322 e. The summed E-state index contributed by atoms with van der Waals surface area (Å²) >= 11 is 0. The summed E-state index contributed by atoms with van der Waals surface area (Å²) in [6, 6.07) is -0.444. The molecule has 18 heavy (non-hydrogen) atoms. The highest BCUT2D eigenvalue weighted by atomic mass is 32.2. The molecular weight excluding hydrogens is 256 g/mol. The number of nitrogens with two attached hydrogens (primary N) is 1. The van der Waals surface area contributed by atoms with Crippen molar-refractivity contribution < 1.29 is 17.9 Å². The van der Waals surface area contributed by atoms with Crippen LogP contribution in [0.25, 0.3) is 0 Å². The third-order valence-electron chi connectivity index (χ3n) is 3.07. The van der Waals surface area contributed by atoms with Gasteiger partial charge in [0.25, 0.3) is 0 Å². The van der Waals surface area contributed by atoms with Gasteiger partial charge in [0.1, 0.15) is 0 Å². The molecule has 0 aromatic heterocycles. The van der Waals surface area contributed by atoms with E-state index >= 15 is 0 Å². The highest BCUT2D eigenvalue weighted by Crippen LogP contribution is 2.22. The highest BCUT2D eigenvalue weighted by Gasteiger charge is 2.35. The number of hydrogen-bond donors (Lipinski definition) is 1. The second-order valence-electron chi connectivity index (χ2n) is 4.59. The molecule has 0 amide bonds. The minimum Gasteiger partial charge on any atom is -0.465 e. The first-order valence-electron chi connectivity index (χ1n) is 6.29. The van der Waals surface area contributed by atoms with Gasteiger partial charge in [-0.2, -0.15) is 4.31 Å². The summed E-state index contributed by atoms with van der Waals surface area (Å²) in [7, 11) is -3.62. The number of rotatable bonds is 5. The summed E-state index contributed by atoms with van der Waals surface area (Å²) in [5.41, 5.74) is 5.82. The number of esters is 1. The molecule has 2 unspecified atom stereocenters. The molecule has 106 valence electrons. The maximum Gasteiger partial charge on any atom is 0.322 e. The van der Waals surface area contributed by atoms with E-state index in [1.54, 1.807) is 13.8 Å². The van der Waals surface area contributed by atoms with E-state index in [2.05, 4.69) is 4.74 Å². The Balaban J connectivity index is 2.78. The lowest BCUT2D eigenvalue weighted by Crippen LogP contribution is -2.52. The van der Waals surface area contributed by atoms with Crippen molar-refractivity contribution in [3.63, 3.8) is 0 Å². The molecule has 0 saturated carbocycles. The van der Waals surface area contributed by atoms with Gasteiger partial charge >= 0.3 is 5.97 Å². The second kappa shape index (κ2) is 6.49. The molecule has 2 N–H and O–H groups in total. The lowest BCUT2D eigenvalue weighted by Gasteiger charge is -2.36. The Labute approximate surface area is 109 Å². The Morgan fingerprint density at radius 3 is 2.72 bits per heavy atom. The molecule has 0 aliphatic carbocycles. The quantitative estimate of drug-likeness (QED) is 0.719. The van der Waals surface area contributed by atoms with Gasteiger partial charge in [0.05, 0.1) is 6.61 Å². The monoisotopic (exact) mass is 278 g/mol. The van der Waals surface area contributed by atoms with Gasteiger partial charge in [-0.3, -0.25) is 4.79 Å². The predicted molar refractivity (Wildman–Crippen MR) is 68.4 cm³/mol. The molecule has 1 rings (SSSR count). The number of sulfonamides is 1. The molecule has 0 radical (unpaired) electrons. The van der Waals surface area contributed by atoms with Crippen LogP contribution in [0.5, 0.6) is 0 Å². The lowest BCUT2D eigenvalue weighted by atomic mass is 10.00. The van der Waals surface area contributed by atoms with E-state index in [4.69, 9.17) is 5.73 Å². The van der Waals surface area contributed by atoms with E-state index in [9.17, 15) is 13.2 Å². The minimum absolute atomic E-state index is 0.186. The van der Waals surface area contributed by atoms with E-state index in [-0.39, 0.29) is 18.7 Å². The normalized spacial score (nSPS) is 23.6. The number of ether oxygens (including phenoxy) is 1. The number of carbonyl (C=O) groups excluding carboxylic acids is 1. The molecule has 1 saturated heterocycles. The molecule has 0 spiro atoms. The maximum atomic E-state index is 12.2. The molecule has 6 nitrogen and oxygen atoms in total. The lowest BCUT2D eigenvalue weighted by molar-refractivity contribution is -0.140. The average molecular weight is 278 g/mol. The second-order valence-corrected chi connectivity index (χ2v) is 6.52. The van der Waals surface area contributed by atoms with Crippen molar-refractivity contribution in [2.75, 3.05) is 18.9 Å². The maximum absolute atomic E-state index is 12.2. The minimum atomic E-state index is -3.62. The van der Waals surface area contributed by atoms with E-state index in [1.165, 1.54) is 4.31 Å². The van der Waals surface area contributed by atoms with Crippen LogP contribution >= 0.6 is 0 Å². The summed E-state index contributed by atoms with van der Waals surface area (Å²) in [5, 5.41) is 0. The Morgan fingerprint density at radius 1 is 1.50 bits per heavy atom. The van der Waals surface area contributed by atoms with Gasteiger partial charge in [-0.05, 0) is 26.7 Å². The van der Waals surface area contributed by atoms with Crippen LogP contribution in [-0.2, 0) is 19.6 Å². The molecule has 0 aromatic carbocycles. The Bertz CT molecular complexity index is 381. The van der Waals surface area contributed by atoms with E-state index in [0.29, 0.717) is 6.54 Å². The van der Waals surface area contributed by atoms with Gasteiger partial charge in [-0.15, -0.1) is 0 Å². The summed E-state index contributed by atoms with van der Waals surface area (Å²) < 4.78 is 30.4. The zero-order valence-corrected chi connectivity index (χ0v) is 11.8. The largest absolute Gasteiger partial charge is 0.465 e. The molecule has 1 heterocycles. The fourth-order valence-electron chi connectivity index (χ4n) is 2.24. The molecule has 2 atom stereocenters. The van der Waals surface area contributed by atoms with E-state index < -0.39 is 21.7 Å². The first-order chi connectivity index (χ1) is 8.38. The van der Waals surface area contributed by atoms with Crippen LogP contribution in [-0.4, -0.2) is 49.7 Å². The molecular formula is C11H22N2O4S. The van der Waals surface area contributed by atoms with Crippen LogP contribution in [0, 0.1) is 0 Å². The summed E-state index contributed by atoms with van der Waals surface area (Å²) in [6.07, 6.45) is 2.53. The van der Waals surface area contributed by atoms with Crippen molar-refractivity contribution in [1.82, 2.24) is 4.31 Å². The van der Waals surface area contributed by atoms with Crippen LogP contribution < -0.4 is 5.73 Å². The van der Waals surface area contributed by atoms with E-state index in [0.717, 1.165) is 19.3 Å². The standard InChI is InChI=1S/C11H22N2O4S/c1-3-17-11(14)8-18(15,16)13-7-5-4-6-10(13)9(2)12/h9-10H,3-8,12H2,1-2H3. The van der Waals surface area contributed by atoms with Crippen LogP contribution in [0.15, 0.2) is 0 Å². The fourth-order valence-corrected chi connectivity index (χ4v) is 3.90. The van der Waals surface area contributed by atoms with Crippen molar-refractivity contribution in [1.29, 1.82) is 0 Å². The summed E-state index contributed by atoms with van der Waals surface area (Å²) in [4.78, 5) is 11.3. The topological polar surface area (TPSA) is 89.7 Å². The van der Waals surface area contributed by atoms with Crippen molar-refractivity contribution >= 4 is 16.0 Å². The van der Waals surface area contributed by atoms with Crippen molar-refractivity contribution in [2.24, 2.45) is 5.73 Å². The number of nitrogens with zero attached hydrogens (tertiary/aromatic N) is 1. The third-order valence-corrected chi connectivity index (χ3v) is 4.84. The Morgan fingerprint density at radius 2 is 2.17 bits per heavy atom. The third kappa shape index (κ3) is 3.93. The molecule has 0 bridgehead atoms. The van der Waals surface area contributed by atoms with Crippen LogP contribution in [0.3, 0.4) is 0 Å². The number of carbonyl (C=O) groups is 1.